The Balaban J connectivity index is 1.60. The van der Waals surface area contributed by atoms with Gasteiger partial charge in [0, 0.05) is 38.1 Å². The second kappa shape index (κ2) is 5.96. The average molecular weight is 272 g/mol. The van der Waals surface area contributed by atoms with Crippen LogP contribution in [-0.4, -0.2) is 41.9 Å². The van der Waals surface area contributed by atoms with E-state index in [0.717, 1.165) is 45.4 Å². The van der Waals surface area contributed by atoms with Crippen molar-refractivity contribution in [3.63, 3.8) is 0 Å². The molecule has 1 saturated carbocycles. The fraction of sp³-hybridized carbons (Fsp3) is 0.588. The molecule has 0 spiro atoms. The van der Waals surface area contributed by atoms with Crippen LogP contribution in [0.25, 0.3) is 0 Å². The van der Waals surface area contributed by atoms with E-state index < -0.39 is 0 Å². The summed E-state index contributed by atoms with van der Waals surface area (Å²) in [5.41, 5.74) is 1.37. The summed E-state index contributed by atoms with van der Waals surface area (Å²) < 4.78 is 0. The van der Waals surface area contributed by atoms with Crippen molar-refractivity contribution in [1.82, 2.24) is 9.80 Å². The molecule has 1 amide bonds. The Morgan fingerprint density at radius 1 is 1.10 bits per heavy atom. The summed E-state index contributed by atoms with van der Waals surface area (Å²) in [5, 5.41) is 0. The number of hydrogen-bond donors (Lipinski definition) is 0. The van der Waals surface area contributed by atoms with E-state index >= 15 is 0 Å². The maximum atomic E-state index is 12.2. The second-order valence-electron chi connectivity index (χ2n) is 6.08. The lowest BCUT2D eigenvalue weighted by molar-refractivity contribution is -0.132. The molecule has 0 N–H and O–H groups in total. The predicted octanol–water partition coefficient (Wildman–Crippen LogP) is 2.69. The number of amides is 1. The highest BCUT2D eigenvalue weighted by atomic mass is 16.2. The molecule has 1 aliphatic carbocycles. The van der Waals surface area contributed by atoms with E-state index in [-0.39, 0.29) is 0 Å². The quantitative estimate of drug-likeness (QED) is 0.844. The first-order chi connectivity index (χ1) is 9.75. The van der Waals surface area contributed by atoms with E-state index in [0.29, 0.717) is 17.9 Å². The average Bonchev–Trinajstić information content (AvgIpc) is 3.33. The molecule has 1 unspecified atom stereocenters. The SMILES string of the molecule is CC(c1ccccc1)N1CCCN(C(=O)C2CC2)CC1. The molecule has 3 nitrogen and oxygen atoms in total. The smallest absolute Gasteiger partial charge is 0.225 e. The van der Waals surface area contributed by atoms with Gasteiger partial charge in [0.15, 0.2) is 0 Å². The lowest BCUT2D eigenvalue weighted by Crippen LogP contribution is -2.36. The Morgan fingerprint density at radius 3 is 2.55 bits per heavy atom. The third kappa shape index (κ3) is 3.04. The van der Waals surface area contributed by atoms with E-state index in [1.807, 2.05) is 0 Å². The van der Waals surface area contributed by atoms with Gasteiger partial charge in [0.25, 0.3) is 0 Å². The zero-order valence-electron chi connectivity index (χ0n) is 12.3. The van der Waals surface area contributed by atoms with Crippen LogP contribution in [0.3, 0.4) is 0 Å². The highest BCUT2D eigenvalue weighted by Crippen LogP contribution is 2.31. The van der Waals surface area contributed by atoms with Crippen LogP contribution >= 0.6 is 0 Å². The maximum absolute atomic E-state index is 12.2. The molecule has 1 aliphatic heterocycles. The van der Waals surface area contributed by atoms with Gasteiger partial charge in [-0.15, -0.1) is 0 Å². The summed E-state index contributed by atoms with van der Waals surface area (Å²) in [6.45, 7) is 6.19. The molecule has 2 aliphatic rings. The zero-order chi connectivity index (χ0) is 13.9. The second-order valence-corrected chi connectivity index (χ2v) is 6.08. The number of hydrogen-bond acceptors (Lipinski definition) is 2. The number of carbonyl (C=O) groups excluding carboxylic acids is 1. The lowest BCUT2D eigenvalue weighted by atomic mass is 10.1. The van der Waals surface area contributed by atoms with Gasteiger partial charge in [0.2, 0.25) is 5.91 Å². The van der Waals surface area contributed by atoms with Crippen LogP contribution in [0, 0.1) is 5.92 Å². The van der Waals surface area contributed by atoms with Crippen molar-refractivity contribution in [2.24, 2.45) is 5.92 Å². The molecule has 0 radical (unpaired) electrons. The van der Waals surface area contributed by atoms with Crippen molar-refractivity contribution in [1.29, 1.82) is 0 Å². The summed E-state index contributed by atoms with van der Waals surface area (Å²) in [4.78, 5) is 16.8. The minimum atomic E-state index is 0.355. The van der Waals surface area contributed by atoms with Gasteiger partial charge in [-0.05, 0) is 31.7 Å². The third-order valence-corrected chi connectivity index (χ3v) is 4.60. The number of benzene rings is 1. The van der Waals surface area contributed by atoms with Crippen LogP contribution in [-0.2, 0) is 4.79 Å². The molecule has 0 aromatic heterocycles. The molecule has 1 saturated heterocycles. The van der Waals surface area contributed by atoms with E-state index in [1.165, 1.54) is 5.56 Å². The van der Waals surface area contributed by atoms with E-state index in [9.17, 15) is 4.79 Å². The first-order valence-electron chi connectivity index (χ1n) is 7.83. The van der Waals surface area contributed by atoms with Gasteiger partial charge in [-0.1, -0.05) is 30.3 Å². The van der Waals surface area contributed by atoms with Crippen molar-refractivity contribution < 1.29 is 4.79 Å². The van der Waals surface area contributed by atoms with Crippen LogP contribution in [0.4, 0.5) is 0 Å². The first-order valence-corrected chi connectivity index (χ1v) is 7.83. The number of nitrogens with zero attached hydrogens (tertiary/aromatic N) is 2. The van der Waals surface area contributed by atoms with Gasteiger partial charge >= 0.3 is 0 Å². The standard InChI is InChI=1S/C17H24N2O/c1-14(15-6-3-2-4-7-15)18-10-5-11-19(13-12-18)17(20)16-8-9-16/h2-4,6-7,14,16H,5,8-13H2,1H3. The van der Waals surface area contributed by atoms with Gasteiger partial charge < -0.3 is 4.90 Å². The summed E-state index contributed by atoms with van der Waals surface area (Å²) in [7, 11) is 0. The Labute approximate surface area is 121 Å². The number of carbonyl (C=O) groups is 1. The molecule has 1 heterocycles. The van der Waals surface area contributed by atoms with Gasteiger partial charge in [0.05, 0.1) is 0 Å². The summed E-state index contributed by atoms with van der Waals surface area (Å²) in [5.74, 6) is 0.757. The Hall–Kier alpha value is -1.35. The molecule has 0 bridgehead atoms. The topological polar surface area (TPSA) is 23.6 Å². The molecule has 1 atom stereocenters. The highest BCUT2D eigenvalue weighted by Gasteiger charge is 2.34. The zero-order valence-corrected chi connectivity index (χ0v) is 12.3. The van der Waals surface area contributed by atoms with Crippen LogP contribution in [0.1, 0.15) is 37.8 Å². The van der Waals surface area contributed by atoms with Crippen LogP contribution in [0.15, 0.2) is 30.3 Å². The monoisotopic (exact) mass is 272 g/mol. The molecule has 3 heteroatoms. The van der Waals surface area contributed by atoms with Crippen molar-refractivity contribution in [2.45, 2.75) is 32.2 Å². The van der Waals surface area contributed by atoms with Crippen LogP contribution < -0.4 is 0 Å². The number of rotatable bonds is 3. The fourth-order valence-corrected chi connectivity index (χ4v) is 3.08. The molecule has 1 aromatic rings. The van der Waals surface area contributed by atoms with Crippen molar-refractivity contribution in [2.75, 3.05) is 26.2 Å². The van der Waals surface area contributed by atoms with E-state index in [2.05, 4.69) is 47.1 Å². The maximum Gasteiger partial charge on any atom is 0.225 e. The molecule has 20 heavy (non-hydrogen) atoms. The van der Waals surface area contributed by atoms with Gasteiger partial charge in [-0.3, -0.25) is 9.69 Å². The van der Waals surface area contributed by atoms with Crippen molar-refractivity contribution >= 4 is 5.91 Å². The fourth-order valence-electron chi connectivity index (χ4n) is 3.08. The largest absolute Gasteiger partial charge is 0.341 e. The summed E-state index contributed by atoms with van der Waals surface area (Å²) in [6.07, 6.45) is 3.31. The Kier molecular flexibility index (Phi) is 4.06. The van der Waals surface area contributed by atoms with Crippen LogP contribution in [0.2, 0.25) is 0 Å². The van der Waals surface area contributed by atoms with E-state index in [1.54, 1.807) is 0 Å². The van der Waals surface area contributed by atoms with Gasteiger partial charge in [-0.2, -0.15) is 0 Å². The van der Waals surface area contributed by atoms with Crippen LogP contribution in [0.5, 0.6) is 0 Å². The molecule has 1 aromatic carbocycles. The molecular formula is C17H24N2O. The third-order valence-electron chi connectivity index (χ3n) is 4.60. The van der Waals surface area contributed by atoms with Gasteiger partial charge in [0.1, 0.15) is 0 Å². The molecule has 2 fully saturated rings. The van der Waals surface area contributed by atoms with E-state index in [4.69, 9.17) is 0 Å². The minimum Gasteiger partial charge on any atom is -0.341 e. The first kappa shape index (κ1) is 13.6. The summed E-state index contributed by atoms with van der Waals surface area (Å²) >= 11 is 0. The Bertz CT molecular complexity index is 455. The van der Waals surface area contributed by atoms with Gasteiger partial charge in [-0.25, -0.2) is 0 Å². The predicted molar refractivity (Wildman–Crippen MR) is 80.4 cm³/mol. The minimum absolute atomic E-state index is 0.355. The lowest BCUT2D eigenvalue weighted by Gasteiger charge is -2.28. The molecular weight excluding hydrogens is 248 g/mol. The van der Waals surface area contributed by atoms with Crippen molar-refractivity contribution in [3.05, 3.63) is 35.9 Å². The molecule has 108 valence electrons. The normalized spacial score (nSPS) is 22.4. The van der Waals surface area contributed by atoms with Crippen molar-refractivity contribution in [3.8, 4) is 0 Å². The molecule has 3 rings (SSSR count). The Morgan fingerprint density at radius 2 is 1.85 bits per heavy atom. The summed E-state index contributed by atoms with van der Waals surface area (Å²) in [6, 6.07) is 11.1. The highest BCUT2D eigenvalue weighted by molar-refractivity contribution is 5.81.